The number of carbonyl (C=O) groups excluding carboxylic acids is 1. The molecule has 0 unspecified atom stereocenters. The van der Waals surface area contributed by atoms with E-state index in [0.717, 1.165) is 10.9 Å². The summed E-state index contributed by atoms with van der Waals surface area (Å²) in [6.07, 6.45) is 0. The lowest BCUT2D eigenvalue weighted by Gasteiger charge is -2.04. The van der Waals surface area contributed by atoms with E-state index in [1.165, 1.54) is 12.1 Å². The number of hydrogen-bond donors (Lipinski definition) is 2. The predicted octanol–water partition coefficient (Wildman–Crippen LogP) is 3.71. The summed E-state index contributed by atoms with van der Waals surface area (Å²) in [4.78, 5) is 12.1. The molecule has 3 N–H and O–H groups in total. The van der Waals surface area contributed by atoms with Crippen molar-refractivity contribution < 1.29 is 13.6 Å². The number of nitrogens with two attached hydrogens (primary N) is 1. The van der Waals surface area contributed by atoms with Gasteiger partial charge in [-0.05, 0) is 55.0 Å². The quantitative estimate of drug-likeness (QED) is 0.705. The van der Waals surface area contributed by atoms with Crippen LogP contribution in [0.15, 0.2) is 46.9 Å². The largest absolute Gasteiger partial charge is 0.451 e. The van der Waals surface area contributed by atoms with Gasteiger partial charge in [0.25, 0.3) is 5.91 Å². The number of aryl methyl sites for hydroxylation is 1. The minimum absolute atomic E-state index is 0.150. The van der Waals surface area contributed by atoms with Crippen LogP contribution in [-0.4, -0.2) is 5.91 Å². The van der Waals surface area contributed by atoms with Gasteiger partial charge in [0.05, 0.1) is 0 Å². The van der Waals surface area contributed by atoms with Crippen LogP contribution in [-0.2, 0) is 0 Å². The van der Waals surface area contributed by atoms with Gasteiger partial charge in [-0.2, -0.15) is 0 Å². The van der Waals surface area contributed by atoms with Gasteiger partial charge in [0, 0.05) is 16.8 Å². The highest BCUT2D eigenvalue weighted by molar-refractivity contribution is 6.04. The molecule has 1 amide bonds. The molecule has 106 valence electrons. The van der Waals surface area contributed by atoms with Crippen LogP contribution in [0.3, 0.4) is 0 Å². The molecule has 3 rings (SSSR count). The zero-order valence-electron chi connectivity index (χ0n) is 11.3. The van der Waals surface area contributed by atoms with Gasteiger partial charge in [-0.1, -0.05) is 0 Å². The molecule has 0 aliphatic carbocycles. The van der Waals surface area contributed by atoms with Gasteiger partial charge in [0.15, 0.2) is 5.76 Å². The summed E-state index contributed by atoms with van der Waals surface area (Å²) in [5, 5.41) is 3.36. The van der Waals surface area contributed by atoms with E-state index in [1.807, 2.05) is 0 Å². The third kappa shape index (κ3) is 2.72. The number of fused-ring (bicyclic) bond motifs is 1. The number of halogens is 1. The van der Waals surface area contributed by atoms with Gasteiger partial charge in [-0.3, -0.25) is 4.79 Å². The van der Waals surface area contributed by atoms with Gasteiger partial charge in [-0.15, -0.1) is 0 Å². The lowest BCUT2D eigenvalue weighted by atomic mass is 10.2. The van der Waals surface area contributed by atoms with Crippen LogP contribution in [0.25, 0.3) is 11.0 Å². The van der Waals surface area contributed by atoms with E-state index in [2.05, 4.69) is 5.32 Å². The maximum Gasteiger partial charge on any atom is 0.291 e. The Morgan fingerprint density at radius 2 is 2.00 bits per heavy atom. The van der Waals surface area contributed by atoms with Crippen LogP contribution in [0.2, 0.25) is 0 Å². The number of rotatable bonds is 2. The molecule has 3 aromatic rings. The highest BCUT2D eigenvalue weighted by Crippen LogP contribution is 2.23. The third-order valence-corrected chi connectivity index (χ3v) is 3.06. The molecule has 0 saturated heterocycles. The van der Waals surface area contributed by atoms with Crippen molar-refractivity contribution in [1.82, 2.24) is 0 Å². The average Bonchev–Trinajstić information content (AvgIpc) is 2.80. The van der Waals surface area contributed by atoms with Gasteiger partial charge in [0.1, 0.15) is 11.4 Å². The normalized spacial score (nSPS) is 10.8. The van der Waals surface area contributed by atoms with Gasteiger partial charge in [0.2, 0.25) is 0 Å². The van der Waals surface area contributed by atoms with Crippen molar-refractivity contribution in [2.75, 3.05) is 11.1 Å². The first-order valence-electron chi connectivity index (χ1n) is 6.39. The number of hydrogen-bond acceptors (Lipinski definition) is 3. The van der Waals surface area contributed by atoms with Crippen molar-refractivity contribution in [3.05, 3.63) is 59.6 Å². The summed E-state index contributed by atoms with van der Waals surface area (Å²) in [5.41, 5.74) is 7.96. The van der Waals surface area contributed by atoms with Crippen molar-refractivity contribution in [2.45, 2.75) is 6.92 Å². The van der Waals surface area contributed by atoms with Crippen LogP contribution >= 0.6 is 0 Å². The fraction of sp³-hybridized carbons (Fsp3) is 0.0625. The second-order valence-corrected chi connectivity index (χ2v) is 4.88. The third-order valence-electron chi connectivity index (χ3n) is 3.06. The van der Waals surface area contributed by atoms with E-state index >= 15 is 0 Å². The van der Waals surface area contributed by atoms with E-state index in [4.69, 9.17) is 10.2 Å². The lowest BCUT2D eigenvalue weighted by molar-refractivity contribution is 0.0998. The molecule has 0 atom stereocenters. The highest BCUT2D eigenvalue weighted by Gasteiger charge is 2.13. The lowest BCUT2D eigenvalue weighted by Crippen LogP contribution is -2.11. The SMILES string of the molecule is Cc1cc(F)cc(NC(=O)c2cc3cc(N)ccc3o2)c1. The molecule has 0 aliphatic rings. The number of nitrogen functional groups attached to an aromatic ring is 1. The van der Waals surface area contributed by atoms with Gasteiger partial charge in [-0.25, -0.2) is 4.39 Å². The Kier molecular flexibility index (Phi) is 3.10. The molecular weight excluding hydrogens is 271 g/mol. The monoisotopic (exact) mass is 284 g/mol. The van der Waals surface area contributed by atoms with Crippen molar-refractivity contribution in [2.24, 2.45) is 0 Å². The van der Waals surface area contributed by atoms with Crippen molar-refractivity contribution in [3.8, 4) is 0 Å². The van der Waals surface area contributed by atoms with Crippen LogP contribution in [0.1, 0.15) is 16.1 Å². The standard InChI is InChI=1S/C16H13FN2O2/c1-9-4-11(17)8-13(5-9)19-16(20)15-7-10-6-12(18)2-3-14(10)21-15/h2-8H,18H2,1H3,(H,19,20). The number of amides is 1. The van der Waals surface area contributed by atoms with E-state index in [-0.39, 0.29) is 5.76 Å². The number of anilines is 2. The molecule has 0 bridgehead atoms. The molecule has 1 heterocycles. The van der Waals surface area contributed by atoms with E-state index in [9.17, 15) is 9.18 Å². The molecule has 1 aromatic heterocycles. The van der Waals surface area contributed by atoms with Crippen molar-refractivity contribution >= 4 is 28.3 Å². The highest BCUT2D eigenvalue weighted by atomic mass is 19.1. The Labute approximate surface area is 120 Å². The zero-order chi connectivity index (χ0) is 15.0. The van der Waals surface area contributed by atoms with Crippen molar-refractivity contribution in [3.63, 3.8) is 0 Å². The van der Waals surface area contributed by atoms with Crippen LogP contribution in [0.5, 0.6) is 0 Å². The average molecular weight is 284 g/mol. The molecule has 0 radical (unpaired) electrons. The fourth-order valence-electron chi connectivity index (χ4n) is 2.17. The molecule has 0 fully saturated rings. The Hall–Kier alpha value is -2.82. The Balaban J connectivity index is 1.89. The Morgan fingerprint density at radius 1 is 1.19 bits per heavy atom. The van der Waals surface area contributed by atoms with E-state index < -0.39 is 11.7 Å². The fourth-order valence-corrected chi connectivity index (χ4v) is 2.17. The van der Waals surface area contributed by atoms with E-state index in [0.29, 0.717) is 17.0 Å². The first kappa shape index (κ1) is 13.2. The molecule has 2 aromatic carbocycles. The maximum atomic E-state index is 13.3. The number of carbonyl (C=O) groups is 1. The van der Waals surface area contributed by atoms with Crippen LogP contribution in [0, 0.1) is 12.7 Å². The van der Waals surface area contributed by atoms with Crippen LogP contribution in [0.4, 0.5) is 15.8 Å². The number of benzene rings is 2. The van der Waals surface area contributed by atoms with E-state index in [1.54, 1.807) is 37.3 Å². The van der Waals surface area contributed by atoms with Crippen LogP contribution < -0.4 is 11.1 Å². The Bertz CT molecular complexity index is 819. The van der Waals surface area contributed by atoms with Gasteiger partial charge < -0.3 is 15.5 Å². The van der Waals surface area contributed by atoms with Crippen molar-refractivity contribution in [1.29, 1.82) is 0 Å². The summed E-state index contributed by atoms with van der Waals surface area (Å²) in [5.74, 6) is -0.685. The molecular formula is C16H13FN2O2. The first-order valence-corrected chi connectivity index (χ1v) is 6.39. The topological polar surface area (TPSA) is 68.3 Å². The molecule has 4 nitrogen and oxygen atoms in total. The number of furan rings is 1. The maximum absolute atomic E-state index is 13.3. The second kappa shape index (κ2) is 4.94. The second-order valence-electron chi connectivity index (χ2n) is 4.88. The Morgan fingerprint density at radius 3 is 2.76 bits per heavy atom. The minimum Gasteiger partial charge on any atom is -0.451 e. The number of nitrogens with one attached hydrogen (secondary N) is 1. The predicted molar refractivity (Wildman–Crippen MR) is 79.7 cm³/mol. The summed E-state index contributed by atoms with van der Waals surface area (Å²) in [6, 6.07) is 11.1. The van der Waals surface area contributed by atoms with Gasteiger partial charge >= 0.3 is 0 Å². The molecule has 0 saturated carbocycles. The molecule has 21 heavy (non-hydrogen) atoms. The zero-order valence-corrected chi connectivity index (χ0v) is 11.3. The smallest absolute Gasteiger partial charge is 0.291 e. The summed E-state index contributed by atoms with van der Waals surface area (Å²) in [7, 11) is 0. The molecule has 0 aliphatic heterocycles. The summed E-state index contributed by atoms with van der Waals surface area (Å²) in [6.45, 7) is 1.75. The first-order chi connectivity index (χ1) is 10.0. The summed E-state index contributed by atoms with van der Waals surface area (Å²) < 4.78 is 18.8. The summed E-state index contributed by atoms with van der Waals surface area (Å²) >= 11 is 0. The molecule has 0 spiro atoms. The molecule has 5 heteroatoms. The minimum atomic E-state index is -0.435.